The molecule has 13 aromatic carbocycles. The van der Waals surface area contributed by atoms with Crippen LogP contribution in [0.3, 0.4) is 0 Å². The molecule has 0 saturated carbocycles. The third-order valence-electron chi connectivity index (χ3n) is 19.2. The van der Waals surface area contributed by atoms with Gasteiger partial charge in [0.15, 0.2) is 0 Å². The van der Waals surface area contributed by atoms with Gasteiger partial charge in [-0.3, -0.25) is 0 Å². The van der Waals surface area contributed by atoms with Crippen LogP contribution in [0.5, 0.6) is 0 Å². The molecule has 5 nitrogen and oxygen atoms in total. The van der Waals surface area contributed by atoms with E-state index in [1.807, 2.05) is 0 Å². The van der Waals surface area contributed by atoms with Crippen molar-refractivity contribution in [3.63, 3.8) is 0 Å². The van der Waals surface area contributed by atoms with Crippen LogP contribution < -0.4 is 31.7 Å². The molecule has 16 aromatic rings. The van der Waals surface area contributed by atoms with Gasteiger partial charge in [0.25, 0.3) is 0 Å². The first-order chi connectivity index (χ1) is 42.2. The lowest BCUT2D eigenvalue weighted by molar-refractivity contribution is 0.673. The normalized spacial score (nSPS) is 13.3. The standard InChI is InChI=1S/C78H46B2N4O/c1-4-19-47(20-5-1)50-39-42-64-69(44-50)82(52-23-8-3-9-24-52)70-45-51(48-21-6-2-7-22-48)43-60-57-29-16-30-59-72-54(27-17-34-67(72)84(76(57)59)80(64)75(60)70)49-37-40-53(41-38-49)81-66-33-14-12-31-63(66)79-74-56(28-18-35-68(74)81)61-46-62-55-25-11-15-36-71(55)85-78(62)73-58-26-10-13-32-65(58)83(79)77(61)73/h1-46H. The molecule has 0 spiro atoms. The van der Waals surface area contributed by atoms with E-state index in [2.05, 4.69) is 298 Å². The van der Waals surface area contributed by atoms with Crippen molar-refractivity contribution in [2.75, 3.05) is 9.80 Å². The van der Waals surface area contributed by atoms with Gasteiger partial charge in [-0.2, -0.15) is 0 Å². The second-order valence-electron chi connectivity index (χ2n) is 23.4. The number of benzene rings is 13. The van der Waals surface area contributed by atoms with E-state index in [1.54, 1.807) is 0 Å². The lowest BCUT2D eigenvalue weighted by Crippen LogP contribution is -2.56. The number of anilines is 6. The van der Waals surface area contributed by atoms with Crippen molar-refractivity contribution in [2.45, 2.75) is 0 Å². The van der Waals surface area contributed by atoms with Gasteiger partial charge in [-0.1, -0.05) is 200 Å². The molecule has 4 aliphatic heterocycles. The van der Waals surface area contributed by atoms with E-state index in [9.17, 15) is 0 Å². The minimum atomic E-state index is -0.0976. The van der Waals surface area contributed by atoms with Crippen LogP contribution >= 0.6 is 0 Å². The quantitative estimate of drug-likeness (QED) is 0.161. The van der Waals surface area contributed by atoms with Gasteiger partial charge in [0, 0.05) is 94.2 Å². The Morgan fingerprint density at radius 2 is 0.859 bits per heavy atom. The van der Waals surface area contributed by atoms with Gasteiger partial charge in [-0.25, -0.2) is 0 Å². The molecule has 390 valence electrons. The minimum Gasteiger partial charge on any atom is -0.455 e. The van der Waals surface area contributed by atoms with Crippen LogP contribution in [0.1, 0.15) is 0 Å². The Hall–Kier alpha value is -11.0. The van der Waals surface area contributed by atoms with Crippen molar-refractivity contribution in [1.29, 1.82) is 0 Å². The SMILES string of the molecule is c1ccc(-c2ccc3c(c2)N(c2ccccc2)c2cc(-c4ccccc4)cc4c2B3n2c3cccc(-c5ccc(N6c7ccccc7B7c8c(cccc86)-c6cc8c9ccccc9oc8c8c9ccccc9n7c68)cc5)c3c3cccc-4c32)cc1. The average molecular weight is 1080 g/mol. The smallest absolute Gasteiger partial charge is 0.333 e. The molecule has 0 aliphatic carbocycles. The summed E-state index contributed by atoms with van der Waals surface area (Å²) in [6.07, 6.45) is 0. The van der Waals surface area contributed by atoms with Gasteiger partial charge in [0.2, 0.25) is 0 Å². The molecular formula is C78H46B2N4O. The summed E-state index contributed by atoms with van der Waals surface area (Å²) in [7, 11) is 0. The van der Waals surface area contributed by atoms with E-state index >= 15 is 0 Å². The van der Waals surface area contributed by atoms with Gasteiger partial charge in [0.1, 0.15) is 11.2 Å². The summed E-state index contributed by atoms with van der Waals surface area (Å²) < 4.78 is 12.1. The van der Waals surface area contributed by atoms with Crippen molar-refractivity contribution < 1.29 is 4.42 Å². The molecule has 7 heterocycles. The Balaban J connectivity index is 0.779. The molecule has 4 aliphatic rings. The number of nitrogens with zero attached hydrogens (tertiary/aromatic N) is 4. The fourth-order valence-electron chi connectivity index (χ4n) is 15.8. The molecule has 0 N–H and O–H groups in total. The Kier molecular flexibility index (Phi) is 9.02. The summed E-state index contributed by atoms with van der Waals surface area (Å²) in [5.41, 5.74) is 31.3. The maximum Gasteiger partial charge on any atom is 0.333 e. The van der Waals surface area contributed by atoms with Crippen molar-refractivity contribution in [3.05, 3.63) is 279 Å². The Bertz CT molecular complexity index is 5570. The summed E-state index contributed by atoms with van der Waals surface area (Å²) in [6.45, 7) is -0.146. The molecule has 3 aromatic heterocycles. The fraction of sp³-hybridized carbons (Fsp3) is 0. The molecular weight excluding hydrogens is 1030 g/mol. The third kappa shape index (κ3) is 6.03. The number of para-hydroxylation sites is 5. The highest BCUT2D eigenvalue weighted by molar-refractivity contribution is 6.91. The van der Waals surface area contributed by atoms with Crippen molar-refractivity contribution >= 4 is 135 Å². The fourth-order valence-corrected chi connectivity index (χ4v) is 15.8. The molecule has 7 heteroatoms. The van der Waals surface area contributed by atoms with E-state index in [-0.39, 0.29) is 13.7 Å². The highest BCUT2D eigenvalue weighted by atomic mass is 16.3. The number of aromatic nitrogens is 2. The maximum absolute atomic E-state index is 6.82. The molecule has 0 saturated heterocycles. The van der Waals surface area contributed by atoms with Crippen molar-refractivity contribution in [3.8, 4) is 55.6 Å². The van der Waals surface area contributed by atoms with Gasteiger partial charge < -0.3 is 23.2 Å². The summed E-state index contributed by atoms with van der Waals surface area (Å²) in [4.78, 5) is 5.04. The third-order valence-corrected chi connectivity index (χ3v) is 19.2. The zero-order chi connectivity index (χ0) is 55.2. The summed E-state index contributed by atoms with van der Waals surface area (Å²) >= 11 is 0. The molecule has 0 bridgehead atoms. The first kappa shape index (κ1) is 45.6. The van der Waals surface area contributed by atoms with Gasteiger partial charge in [0.05, 0.1) is 5.39 Å². The zero-order valence-electron chi connectivity index (χ0n) is 45.9. The molecule has 0 fully saturated rings. The van der Waals surface area contributed by atoms with Crippen LogP contribution in [-0.2, 0) is 0 Å². The van der Waals surface area contributed by atoms with E-state index in [0.29, 0.717) is 0 Å². The van der Waals surface area contributed by atoms with Crippen molar-refractivity contribution in [1.82, 2.24) is 8.96 Å². The molecule has 0 radical (unpaired) electrons. The Labute approximate surface area is 490 Å². The average Bonchev–Trinajstić information content (AvgIpc) is 1.83. The zero-order valence-corrected chi connectivity index (χ0v) is 45.9. The second-order valence-corrected chi connectivity index (χ2v) is 23.4. The molecule has 20 rings (SSSR count). The molecule has 0 atom stereocenters. The second kappa shape index (κ2) is 16.8. The van der Waals surface area contributed by atoms with E-state index in [1.165, 1.54) is 144 Å². The number of furan rings is 1. The summed E-state index contributed by atoms with van der Waals surface area (Å²) in [6, 6.07) is 104. The van der Waals surface area contributed by atoms with Crippen LogP contribution in [0.2, 0.25) is 0 Å². The predicted octanol–water partition coefficient (Wildman–Crippen LogP) is 17.6. The predicted molar refractivity (Wildman–Crippen MR) is 357 cm³/mol. The van der Waals surface area contributed by atoms with Crippen LogP contribution in [0.15, 0.2) is 283 Å². The van der Waals surface area contributed by atoms with Gasteiger partial charge in [-0.05, 0) is 145 Å². The lowest BCUT2D eigenvalue weighted by atomic mass is 9.45. The molecule has 0 unspecified atom stereocenters. The van der Waals surface area contributed by atoms with Crippen LogP contribution in [-0.4, -0.2) is 22.7 Å². The van der Waals surface area contributed by atoms with E-state index in [0.717, 1.165) is 33.3 Å². The first-order valence-electron chi connectivity index (χ1n) is 29.6. The number of hydrogen-bond donors (Lipinski definition) is 0. The summed E-state index contributed by atoms with van der Waals surface area (Å²) in [5, 5.41) is 7.22. The molecule has 0 amide bonds. The van der Waals surface area contributed by atoms with E-state index < -0.39 is 0 Å². The monoisotopic (exact) mass is 1080 g/mol. The number of fused-ring (bicyclic) bond motifs is 18. The van der Waals surface area contributed by atoms with Crippen molar-refractivity contribution in [2.24, 2.45) is 0 Å². The highest BCUT2D eigenvalue weighted by Crippen LogP contribution is 2.52. The summed E-state index contributed by atoms with van der Waals surface area (Å²) in [5.74, 6) is 0. The highest BCUT2D eigenvalue weighted by Gasteiger charge is 2.45. The lowest BCUT2D eigenvalue weighted by Gasteiger charge is -2.41. The Morgan fingerprint density at radius 3 is 1.69 bits per heavy atom. The van der Waals surface area contributed by atoms with E-state index in [4.69, 9.17) is 4.42 Å². The Morgan fingerprint density at radius 1 is 0.282 bits per heavy atom. The largest absolute Gasteiger partial charge is 0.455 e. The first-order valence-corrected chi connectivity index (χ1v) is 29.6. The maximum atomic E-state index is 6.82. The number of rotatable bonds is 5. The van der Waals surface area contributed by atoms with Crippen LogP contribution in [0.25, 0.3) is 121 Å². The minimum absolute atomic E-state index is 0.0484. The van der Waals surface area contributed by atoms with Crippen LogP contribution in [0, 0.1) is 0 Å². The number of hydrogen-bond acceptors (Lipinski definition) is 3. The van der Waals surface area contributed by atoms with Gasteiger partial charge >= 0.3 is 13.7 Å². The molecule has 85 heavy (non-hydrogen) atoms. The van der Waals surface area contributed by atoms with Crippen LogP contribution in [0.4, 0.5) is 34.1 Å². The topological polar surface area (TPSA) is 29.5 Å². The van der Waals surface area contributed by atoms with Gasteiger partial charge in [-0.15, -0.1) is 0 Å².